The van der Waals surface area contributed by atoms with Crippen LogP contribution in [0, 0.1) is 0 Å². The molecule has 0 aliphatic heterocycles. The standard InChI is InChI=1S/C20H27N5O.2ClH/c21-14-2-1-3-19(26)24-17-10-6-15(7-11-17)4-5-16-8-12-18(13-9-16)25-20(22)23;;/h6-13H,1-5,14,21H2,(H,24,26)(H4,22,23,25);2*1H. The number of hydrogen-bond acceptors (Lipinski definition) is 3. The minimum Gasteiger partial charge on any atom is -0.370 e. The molecule has 0 saturated heterocycles. The summed E-state index contributed by atoms with van der Waals surface area (Å²) in [5.74, 6) is 0.0939. The summed E-state index contributed by atoms with van der Waals surface area (Å²) in [6.07, 6.45) is 4.05. The molecule has 0 aliphatic rings. The molecule has 0 aliphatic carbocycles. The van der Waals surface area contributed by atoms with Gasteiger partial charge in [0.1, 0.15) is 0 Å². The first kappa shape index (κ1) is 25.7. The molecule has 2 rings (SSSR count). The molecule has 0 unspecified atom stereocenters. The number of unbranched alkanes of at least 4 members (excludes halogenated alkanes) is 1. The van der Waals surface area contributed by atoms with Crippen LogP contribution in [-0.4, -0.2) is 18.4 Å². The third-order valence-electron chi connectivity index (χ3n) is 3.99. The lowest BCUT2D eigenvalue weighted by Gasteiger charge is -2.07. The van der Waals surface area contributed by atoms with Crippen LogP contribution in [0.25, 0.3) is 0 Å². The molecule has 0 atom stereocenters. The SMILES string of the molecule is Cl.Cl.NCCCCC(=O)Nc1ccc(CCc2ccc(N=C(N)N)cc2)cc1. The minimum atomic E-state index is 0. The van der Waals surface area contributed by atoms with E-state index in [-0.39, 0.29) is 36.7 Å². The molecule has 0 heterocycles. The summed E-state index contributed by atoms with van der Waals surface area (Å²) < 4.78 is 0. The number of anilines is 1. The maximum Gasteiger partial charge on any atom is 0.224 e. The smallest absolute Gasteiger partial charge is 0.224 e. The van der Waals surface area contributed by atoms with Gasteiger partial charge in [0.05, 0.1) is 5.69 Å². The molecule has 0 bridgehead atoms. The first-order chi connectivity index (χ1) is 12.6. The highest BCUT2D eigenvalue weighted by Crippen LogP contribution is 2.16. The highest BCUT2D eigenvalue weighted by molar-refractivity contribution is 5.90. The molecule has 2 aromatic carbocycles. The summed E-state index contributed by atoms with van der Waals surface area (Å²) in [4.78, 5) is 15.8. The highest BCUT2D eigenvalue weighted by Gasteiger charge is 2.02. The van der Waals surface area contributed by atoms with Crippen molar-refractivity contribution >= 4 is 48.1 Å². The average Bonchev–Trinajstić information content (AvgIpc) is 2.62. The van der Waals surface area contributed by atoms with Gasteiger partial charge in [0.25, 0.3) is 0 Å². The van der Waals surface area contributed by atoms with Gasteiger partial charge >= 0.3 is 0 Å². The zero-order chi connectivity index (χ0) is 18.8. The van der Waals surface area contributed by atoms with Crippen molar-refractivity contribution in [3.63, 3.8) is 0 Å². The lowest BCUT2D eigenvalue weighted by Crippen LogP contribution is -2.21. The van der Waals surface area contributed by atoms with Crippen molar-refractivity contribution in [2.24, 2.45) is 22.2 Å². The molecule has 2 aromatic rings. The maximum atomic E-state index is 11.8. The summed E-state index contributed by atoms with van der Waals surface area (Å²) >= 11 is 0. The van der Waals surface area contributed by atoms with Crippen molar-refractivity contribution in [3.05, 3.63) is 59.7 Å². The molecule has 8 heteroatoms. The predicted molar refractivity (Wildman–Crippen MR) is 122 cm³/mol. The second kappa shape index (κ2) is 13.8. The molecule has 0 radical (unpaired) electrons. The molecule has 154 valence electrons. The number of aliphatic imine (C=N–C) groups is 1. The molecule has 6 nitrogen and oxygen atoms in total. The molecule has 7 N–H and O–H groups in total. The summed E-state index contributed by atoms with van der Waals surface area (Å²) in [6.45, 7) is 0.624. The van der Waals surface area contributed by atoms with Crippen molar-refractivity contribution in [2.75, 3.05) is 11.9 Å². The number of guanidine groups is 1. The molecule has 0 saturated carbocycles. The van der Waals surface area contributed by atoms with Gasteiger partial charge in [-0.25, -0.2) is 4.99 Å². The van der Waals surface area contributed by atoms with Crippen LogP contribution in [0.3, 0.4) is 0 Å². The Balaban J connectivity index is 0.00000364. The lowest BCUT2D eigenvalue weighted by molar-refractivity contribution is -0.116. The molecule has 0 spiro atoms. The Hall–Kier alpha value is -2.28. The van der Waals surface area contributed by atoms with Crippen molar-refractivity contribution in [1.29, 1.82) is 0 Å². The van der Waals surface area contributed by atoms with Crippen LogP contribution in [0.15, 0.2) is 53.5 Å². The van der Waals surface area contributed by atoms with Gasteiger partial charge in [-0.1, -0.05) is 24.3 Å². The molecule has 28 heavy (non-hydrogen) atoms. The van der Waals surface area contributed by atoms with Crippen LogP contribution in [0.2, 0.25) is 0 Å². The Kier molecular flexibility index (Phi) is 12.7. The van der Waals surface area contributed by atoms with Crippen molar-refractivity contribution in [1.82, 2.24) is 0 Å². The van der Waals surface area contributed by atoms with Gasteiger partial charge in [0, 0.05) is 12.1 Å². The molecule has 0 fully saturated rings. The molecular weight excluding hydrogens is 397 g/mol. The number of halogens is 2. The maximum absolute atomic E-state index is 11.8. The van der Waals surface area contributed by atoms with Gasteiger partial charge in [0.2, 0.25) is 5.91 Å². The second-order valence-electron chi connectivity index (χ2n) is 6.19. The largest absolute Gasteiger partial charge is 0.370 e. The quantitative estimate of drug-likeness (QED) is 0.279. The third kappa shape index (κ3) is 9.60. The fourth-order valence-corrected chi connectivity index (χ4v) is 2.58. The van der Waals surface area contributed by atoms with Crippen LogP contribution >= 0.6 is 24.8 Å². The fourth-order valence-electron chi connectivity index (χ4n) is 2.58. The molecular formula is C20H29Cl2N5O. The number of aryl methyl sites for hydroxylation is 2. The normalized spacial score (nSPS) is 9.61. The van der Waals surface area contributed by atoms with E-state index >= 15 is 0 Å². The number of nitrogens with two attached hydrogens (primary N) is 3. The Morgan fingerprint density at radius 2 is 1.39 bits per heavy atom. The lowest BCUT2D eigenvalue weighted by atomic mass is 10.0. The van der Waals surface area contributed by atoms with Gasteiger partial charge in [-0.05, 0) is 67.6 Å². The minimum absolute atomic E-state index is 0. The predicted octanol–water partition coefficient (Wildman–Crippen LogP) is 3.29. The van der Waals surface area contributed by atoms with Crippen molar-refractivity contribution in [3.8, 4) is 0 Å². The van der Waals surface area contributed by atoms with Gasteiger partial charge in [0.15, 0.2) is 5.96 Å². The van der Waals surface area contributed by atoms with Gasteiger partial charge in [-0.2, -0.15) is 0 Å². The molecule has 1 amide bonds. The van der Waals surface area contributed by atoms with E-state index in [0.29, 0.717) is 13.0 Å². The Morgan fingerprint density at radius 1 is 0.857 bits per heavy atom. The number of hydrogen-bond donors (Lipinski definition) is 4. The third-order valence-corrected chi connectivity index (χ3v) is 3.99. The van der Waals surface area contributed by atoms with Crippen LogP contribution in [0.4, 0.5) is 11.4 Å². The summed E-state index contributed by atoms with van der Waals surface area (Å²) in [6, 6.07) is 15.8. The first-order valence-electron chi connectivity index (χ1n) is 8.84. The van der Waals surface area contributed by atoms with Gasteiger partial charge in [-0.15, -0.1) is 24.8 Å². The van der Waals surface area contributed by atoms with Crippen molar-refractivity contribution < 1.29 is 4.79 Å². The van der Waals surface area contributed by atoms with Crippen LogP contribution in [0.5, 0.6) is 0 Å². The van der Waals surface area contributed by atoms with Crippen LogP contribution < -0.4 is 22.5 Å². The van der Waals surface area contributed by atoms with E-state index < -0.39 is 0 Å². The molecule has 0 aromatic heterocycles. The zero-order valence-electron chi connectivity index (χ0n) is 15.8. The van der Waals surface area contributed by atoms with E-state index in [0.717, 1.165) is 37.1 Å². The van der Waals surface area contributed by atoms with Gasteiger partial charge in [-0.3, -0.25) is 4.79 Å². The first-order valence-corrected chi connectivity index (χ1v) is 8.84. The Labute approximate surface area is 178 Å². The number of benzene rings is 2. The van der Waals surface area contributed by atoms with Crippen LogP contribution in [-0.2, 0) is 17.6 Å². The summed E-state index contributed by atoms with van der Waals surface area (Å²) in [7, 11) is 0. The average molecular weight is 426 g/mol. The van der Waals surface area contributed by atoms with E-state index in [1.54, 1.807) is 0 Å². The Bertz CT molecular complexity index is 729. The summed E-state index contributed by atoms with van der Waals surface area (Å²) in [5.41, 5.74) is 20.2. The highest BCUT2D eigenvalue weighted by atomic mass is 35.5. The number of nitrogens with zero attached hydrogens (tertiary/aromatic N) is 1. The second-order valence-corrected chi connectivity index (χ2v) is 6.19. The van der Waals surface area contributed by atoms with Crippen LogP contribution in [0.1, 0.15) is 30.4 Å². The van der Waals surface area contributed by atoms with E-state index in [9.17, 15) is 4.79 Å². The monoisotopic (exact) mass is 425 g/mol. The Morgan fingerprint density at radius 3 is 1.89 bits per heavy atom. The van der Waals surface area contributed by atoms with E-state index in [1.165, 1.54) is 11.1 Å². The number of carbonyl (C=O) groups is 1. The number of nitrogens with one attached hydrogen (secondary N) is 1. The number of rotatable bonds is 9. The van der Waals surface area contributed by atoms with E-state index in [1.807, 2.05) is 48.5 Å². The van der Waals surface area contributed by atoms with E-state index in [2.05, 4.69) is 10.3 Å². The van der Waals surface area contributed by atoms with E-state index in [4.69, 9.17) is 17.2 Å². The van der Waals surface area contributed by atoms with Gasteiger partial charge < -0.3 is 22.5 Å². The zero-order valence-corrected chi connectivity index (χ0v) is 17.4. The topological polar surface area (TPSA) is 120 Å². The number of amides is 1. The number of carbonyl (C=O) groups excluding carboxylic acids is 1. The fraction of sp³-hybridized carbons (Fsp3) is 0.300. The summed E-state index contributed by atoms with van der Waals surface area (Å²) in [5, 5.41) is 2.91. The van der Waals surface area contributed by atoms with Crippen molar-refractivity contribution in [2.45, 2.75) is 32.1 Å².